The first kappa shape index (κ1) is 11.3. The van der Waals surface area contributed by atoms with Crippen LogP contribution in [0.4, 0.5) is 22.0 Å². The van der Waals surface area contributed by atoms with Gasteiger partial charge in [-0.2, -0.15) is 0 Å². The van der Waals surface area contributed by atoms with E-state index in [1.54, 1.807) is 0 Å². The molecule has 1 fully saturated rings. The second-order valence-corrected chi connectivity index (χ2v) is 3.89. The summed E-state index contributed by atoms with van der Waals surface area (Å²) < 4.78 is 65.0. The Morgan fingerprint density at radius 2 is 1.69 bits per heavy atom. The first-order valence-electron chi connectivity index (χ1n) is 4.57. The van der Waals surface area contributed by atoms with Crippen LogP contribution < -0.4 is 5.73 Å². The highest BCUT2D eigenvalue weighted by atomic mass is 19.3. The lowest BCUT2D eigenvalue weighted by Gasteiger charge is -2.15. The minimum Gasteiger partial charge on any atom is -0.329 e. The SMILES string of the molecule is NCC1(c2ccc(F)c(F)c2F)CC1(F)F. The van der Waals surface area contributed by atoms with Crippen molar-refractivity contribution in [3.63, 3.8) is 0 Å². The van der Waals surface area contributed by atoms with E-state index in [2.05, 4.69) is 0 Å². The molecule has 1 atom stereocenters. The highest BCUT2D eigenvalue weighted by Crippen LogP contribution is 2.61. The molecule has 0 bridgehead atoms. The summed E-state index contributed by atoms with van der Waals surface area (Å²) in [6.45, 7) is -0.512. The smallest absolute Gasteiger partial charge is 0.260 e. The van der Waals surface area contributed by atoms with E-state index in [1.165, 1.54) is 0 Å². The molecule has 1 nitrogen and oxygen atoms in total. The van der Waals surface area contributed by atoms with Crippen molar-refractivity contribution in [2.45, 2.75) is 17.8 Å². The number of alkyl halides is 2. The summed E-state index contributed by atoms with van der Waals surface area (Å²) in [6, 6.07) is 1.45. The maximum Gasteiger partial charge on any atom is 0.260 e. The van der Waals surface area contributed by atoms with Crippen LogP contribution in [-0.2, 0) is 5.41 Å². The average Bonchev–Trinajstić information content (AvgIpc) is 2.79. The Kier molecular flexibility index (Phi) is 2.24. The number of nitrogens with two attached hydrogens (primary N) is 1. The molecule has 0 aliphatic heterocycles. The van der Waals surface area contributed by atoms with Crippen LogP contribution in [0.2, 0.25) is 0 Å². The lowest BCUT2D eigenvalue weighted by atomic mass is 9.94. The van der Waals surface area contributed by atoms with Gasteiger partial charge in [-0.25, -0.2) is 22.0 Å². The number of hydrogen-bond donors (Lipinski definition) is 1. The maximum absolute atomic E-state index is 13.3. The van der Waals surface area contributed by atoms with Crippen LogP contribution in [-0.4, -0.2) is 12.5 Å². The summed E-state index contributed by atoms with van der Waals surface area (Å²) in [5, 5.41) is 0. The zero-order valence-electron chi connectivity index (χ0n) is 8.04. The van der Waals surface area contributed by atoms with E-state index in [-0.39, 0.29) is 0 Å². The zero-order chi connectivity index (χ0) is 12.1. The molecule has 0 spiro atoms. The Balaban J connectivity index is 2.54. The number of hydrogen-bond acceptors (Lipinski definition) is 1. The van der Waals surface area contributed by atoms with Gasteiger partial charge < -0.3 is 5.73 Å². The molecule has 0 amide bonds. The van der Waals surface area contributed by atoms with Crippen molar-refractivity contribution in [3.8, 4) is 0 Å². The fourth-order valence-electron chi connectivity index (χ4n) is 1.85. The lowest BCUT2D eigenvalue weighted by Crippen LogP contribution is -2.28. The minimum atomic E-state index is -3.16. The molecular formula is C10H8F5N. The van der Waals surface area contributed by atoms with E-state index in [0.29, 0.717) is 6.07 Å². The third-order valence-electron chi connectivity index (χ3n) is 3.00. The largest absolute Gasteiger partial charge is 0.329 e. The van der Waals surface area contributed by atoms with Crippen LogP contribution >= 0.6 is 0 Å². The molecule has 1 aromatic rings. The number of halogens is 5. The standard InChI is InChI=1S/C10H8F5N/c11-6-2-1-5(7(12)8(6)13)9(4-16)3-10(9,14)15/h1-2H,3-4,16H2. The molecule has 2 rings (SSSR count). The van der Waals surface area contributed by atoms with Gasteiger partial charge in [-0.15, -0.1) is 0 Å². The van der Waals surface area contributed by atoms with Crippen LogP contribution in [0.15, 0.2) is 12.1 Å². The van der Waals surface area contributed by atoms with Gasteiger partial charge in [0.2, 0.25) is 0 Å². The Morgan fingerprint density at radius 3 is 2.12 bits per heavy atom. The van der Waals surface area contributed by atoms with Gasteiger partial charge >= 0.3 is 0 Å². The summed E-state index contributed by atoms with van der Waals surface area (Å²) in [5.41, 5.74) is 2.73. The summed E-state index contributed by atoms with van der Waals surface area (Å²) in [7, 11) is 0. The predicted molar refractivity (Wildman–Crippen MR) is 46.6 cm³/mol. The van der Waals surface area contributed by atoms with Crippen molar-refractivity contribution in [2.24, 2.45) is 5.73 Å². The minimum absolute atomic E-state index is 0.512. The van der Waals surface area contributed by atoms with Crippen LogP contribution in [0.3, 0.4) is 0 Å². The van der Waals surface area contributed by atoms with Crippen LogP contribution in [0, 0.1) is 17.5 Å². The molecule has 16 heavy (non-hydrogen) atoms. The van der Waals surface area contributed by atoms with Gasteiger partial charge in [0.1, 0.15) is 0 Å². The van der Waals surface area contributed by atoms with Crippen molar-refractivity contribution in [1.82, 2.24) is 0 Å². The highest BCUT2D eigenvalue weighted by molar-refractivity contribution is 5.40. The molecule has 0 radical (unpaired) electrons. The van der Waals surface area contributed by atoms with E-state index in [4.69, 9.17) is 5.73 Å². The number of rotatable bonds is 2. The third-order valence-corrected chi connectivity index (χ3v) is 3.00. The van der Waals surface area contributed by atoms with Crippen molar-refractivity contribution in [1.29, 1.82) is 0 Å². The van der Waals surface area contributed by atoms with Gasteiger partial charge in [0.15, 0.2) is 17.5 Å². The van der Waals surface area contributed by atoms with Crippen LogP contribution in [0.25, 0.3) is 0 Å². The van der Waals surface area contributed by atoms with Gasteiger partial charge in [-0.05, 0) is 6.07 Å². The Morgan fingerprint density at radius 1 is 1.12 bits per heavy atom. The Hall–Kier alpha value is -1.17. The van der Waals surface area contributed by atoms with E-state index in [0.717, 1.165) is 6.07 Å². The molecule has 88 valence electrons. The number of benzene rings is 1. The van der Waals surface area contributed by atoms with Crippen molar-refractivity contribution < 1.29 is 22.0 Å². The summed E-state index contributed by atoms with van der Waals surface area (Å²) in [6.07, 6.45) is -0.640. The average molecular weight is 237 g/mol. The molecule has 1 aliphatic carbocycles. The van der Waals surface area contributed by atoms with E-state index in [9.17, 15) is 22.0 Å². The van der Waals surface area contributed by atoms with E-state index >= 15 is 0 Å². The molecular weight excluding hydrogens is 229 g/mol. The fourth-order valence-corrected chi connectivity index (χ4v) is 1.85. The van der Waals surface area contributed by atoms with Gasteiger partial charge in [-0.3, -0.25) is 0 Å². The highest BCUT2D eigenvalue weighted by Gasteiger charge is 2.72. The van der Waals surface area contributed by atoms with E-state index in [1.807, 2.05) is 0 Å². The predicted octanol–water partition coefficient (Wildman–Crippen LogP) is 2.34. The Labute approximate surface area is 88.1 Å². The lowest BCUT2D eigenvalue weighted by molar-refractivity contribution is 0.0884. The topological polar surface area (TPSA) is 26.0 Å². The molecule has 6 heteroatoms. The van der Waals surface area contributed by atoms with Crippen LogP contribution in [0.5, 0.6) is 0 Å². The van der Waals surface area contributed by atoms with Crippen LogP contribution in [0.1, 0.15) is 12.0 Å². The van der Waals surface area contributed by atoms with Crippen molar-refractivity contribution in [2.75, 3.05) is 6.54 Å². The summed E-state index contributed by atoms with van der Waals surface area (Å²) in [4.78, 5) is 0. The summed E-state index contributed by atoms with van der Waals surface area (Å²) in [5.74, 6) is -7.89. The monoisotopic (exact) mass is 237 g/mol. The molecule has 1 saturated carbocycles. The van der Waals surface area contributed by atoms with Gasteiger partial charge in [0, 0.05) is 18.5 Å². The second kappa shape index (κ2) is 3.16. The maximum atomic E-state index is 13.3. The Bertz CT molecular complexity index is 445. The molecule has 0 aromatic heterocycles. The third kappa shape index (κ3) is 1.25. The van der Waals surface area contributed by atoms with Crippen molar-refractivity contribution in [3.05, 3.63) is 35.1 Å². The second-order valence-electron chi connectivity index (χ2n) is 3.89. The molecule has 1 unspecified atom stereocenters. The fraction of sp³-hybridized carbons (Fsp3) is 0.400. The summed E-state index contributed by atoms with van der Waals surface area (Å²) >= 11 is 0. The first-order chi connectivity index (χ1) is 7.35. The molecule has 0 heterocycles. The normalized spacial score (nSPS) is 26.9. The molecule has 1 aromatic carbocycles. The molecule has 1 aliphatic rings. The van der Waals surface area contributed by atoms with E-state index < -0.39 is 47.3 Å². The van der Waals surface area contributed by atoms with Gasteiger partial charge in [-0.1, -0.05) is 6.07 Å². The molecule has 0 saturated heterocycles. The van der Waals surface area contributed by atoms with Crippen molar-refractivity contribution >= 4 is 0 Å². The van der Waals surface area contributed by atoms with Gasteiger partial charge in [0.05, 0.1) is 5.41 Å². The molecule has 2 N–H and O–H groups in total. The zero-order valence-corrected chi connectivity index (χ0v) is 8.04. The quantitative estimate of drug-likeness (QED) is 0.620. The van der Waals surface area contributed by atoms with Gasteiger partial charge in [0.25, 0.3) is 5.92 Å². The first-order valence-corrected chi connectivity index (χ1v) is 4.57.